The number of carbonyl (C=O) groups is 1. The van der Waals surface area contributed by atoms with E-state index in [0.717, 1.165) is 0 Å². The molecule has 0 aromatic heterocycles. The van der Waals surface area contributed by atoms with E-state index >= 15 is 0 Å². The Bertz CT molecular complexity index is 564. The van der Waals surface area contributed by atoms with E-state index in [1.165, 1.54) is 13.2 Å². The van der Waals surface area contributed by atoms with Crippen LogP contribution in [0.3, 0.4) is 0 Å². The smallest absolute Gasteiger partial charge is 0.340 e. The van der Waals surface area contributed by atoms with E-state index in [2.05, 4.69) is 0 Å². The van der Waals surface area contributed by atoms with Gasteiger partial charge < -0.3 is 14.4 Å². The second-order valence-electron chi connectivity index (χ2n) is 4.46. The molecule has 1 aliphatic heterocycles. The minimum atomic E-state index is -0.601. The molecule has 2 rings (SSSR count). The molecule has 21 heavy (non-hydrogen) atoms. The van der Waals surface area contributed by atoms with Gasteiger partial charge in [-0.05, 0) is 6.07 Å². The molecule has 7 nitrogen and oxygen atoms in total. The molecule has 7 heteroatoms. The summed E-state index contributed by atoms with van der Waals surface area (Å²) in [6, 6.07) is 6.12. The number of rotatable bonds is 4. The molecule has 0 saturated carbocycles. The maximum absolute atomic E-state index is 12.0. The summed E-state index contributed by atoms with van der Waals surface area (Å²) in [7, 11) is 1.25. The van der Waals surface area contributed by atoms with Crippen molar-refractivity contribution < 1.29 is 19.2 Å². The van der Waals surface area contributed by atoms with Crippen LogP contribution in [0, 0.1) is 10.1 Å². The van der Waals surface area contributed by atoms with Crippen LogP contribution < -0.4 is 0 Å². The molecule has 1 aromatic rings. The number of morpholine rings is 1. The second kappa shape index (κ2) is 6.85. The Morgan fingerprint density at radius 3 is 2.67 bits per heavy atom. The van der Waals surface area contributed by atoms with Crippen molar-refractivity contribution in [1.82, 2.24) is 4.90 Å². The molecule has 0 aliphatic carbocycles. The lowest BCUT2D eigenvalue weighted by Gasteiger charge is -2.26. The summed E-state index contributed by atoms with van der Waals surface area (Å²) in [5, 5.41) is 11.1. The predicted molar refractivity (Wildman–Crippen MR) is 75.5 cm³/mol. The highest BCUT2D eigenvalue weighted by atomic mass is 16.6. The third kappa shape index (κ3) is 3.57. The highest BCUT2D eigenvalue weighted by molar-refractivity contribution is 6.17. The van der Waals surface area contributed by atoms with Crippen molar-refractivity contribution in [2.24, 2.45) is 0 Å². The van der Waals surface area contributed by atoms with E-state index in [1.54, 1.807) is 24.4 Å². The van der Waals surface area contributed by atoms with Crippen LogP contribution in [-0.2, 0) is 14.3 Å². The highest BCUT2D eigenvalue weighted by Crippen LogP contribution is 2.27. The van der Waals surface area contributed by atoms with Gasteiger partial charge in [-0.2, -0.15) is 0 Å². The van der Waals surface area contributed by atoms with Gasteiger partial charge in [0, 0.05) is 25.4 Å². The van der Waals surface area contributed by atoms with E-state index in [0.29, 0.717) is 26.3 Å². The SMILES string of the molecule is COC(=O)C(=CN1CCOCC1)c1ccccc1[N+](=O)[O-]. The fourth-order valence-electron chi connectivity index (χ4n) is 2.09. The summed E-state index contributed by atoms with van der Waals surface area (Å²) < 4.78 is 10.00. The van der Waals surface area contributed by atoms with E-state index in [-0.39, 0.29) is 16.8 Å². The number of nitro benzene ring substituents is 1. The van der Waals surface area contributed by atoms with Gasteiger partial charge in [-0.15, -0.1) is 0 Å². The summed E-state index contributed by atoms with van der Waals surface area (Å²) >= 11 is 0. The molecule has 0 spiro atoms. The van der Waals surface area contributed by atoms with Gasteiger partial charge in [0.1, 0.15) is 0 Å². The predicted octanol–water partition coefficient (Wildman–Crippen LogP) is 1.44. The normalized spacial score (nSPS) is 15.7. The van der Waals surface area contributed by atoms with Gasteiger partial charge in [-0.1, -0.05) is 12.1 Å². The van der Waals surface area contributed by atoms with Crippen LogP contribution in [0.25, 0.3) is 5.57 Å². The number of benzene rings is 1. The third-order valence-corrected chi connectivity index (χ3v) is 3.15. The van der Waals surface area contributed by atoms with Crippen LogP contribution in [0.1, 0.15) is 5.56 Å². The second-order valence-corrected chi connectivity index (χ2v) is 4.46. The van der Waals surface area contributed by atoms with Crippen LogP contribution in [0.2, 0.25) is 0 Å². The quantitative estimate of drug-likeness (QED) is 0.361. The Balaban J connectivity index is 2.43. The van der Waals surface area contributed by atoms with Gasteiger partial charge in [0.15, 0.2) is 0 Å². The molecule has 112 valence electrons. The van der Waals surface area contributed by atoms with Crippen molar-refractivity contribution in [2.45, 2.75) is 0 Å². The summed E-state index contributed by atoms with van der Waals surface area (Å²) in [4.78, 5) is 24.5. The first-order chi connectivity index (χ1) is 10.1. The lowest BCUT2D eigenvalue weighted by atomic mass is 10.0. The van der Waals surface area contributed by atoms with Crippen LogP contribution in [0.15, 0.2) is 30.5 Å². The summed E-state index contributed by atoms with van der Waals surface area (Å²) in [5.41, 5.74) is 0.301. The molecule has 0 amide bonds. The molecule has 0 N–H and O–H groups in total. The highest BCUT2D eigenvalue weighted by Gasteiger charge is 2.23. The molecule has 1 heterocycles. The molecule has 1 fully saturated rings. The molecule has 0 bridgehead atoms. The number of nitrogens with zero attached hydrogens (tertiary/aromatic N) is 2. The van der Waals surface area contributed by atoms with Gasteiger partial charge >= 0.3 is 5.97 Å². The van der Waals surface area contributed by atoms with Gasteiger partial charge in [0.05, 0.1) is 36.4 Å². The summed E-state index contributed by atoms with van der Waals surface area (Å²) in [6.07, 6.45) is 1.61. The Kier molecular flexibility index (Phi) is 4.89. The lowest BCUT2D eigenvalue weighted by molar-refractivity contribution is -0.385. The monoisotopic (exact) mass is 292 g/mol. The zero-order valence-electron chi connectivity index (χ0n) is 11.7. The van der Waals surface area contributed by atoms with Crippen LogP contribution in [-0.4, -0.2) is 49.2 Å². The lowest BCUT2D eigenvalue weighted by Crippen LogP contribution is -2.32. The average Bonchev–Trinajstić information content (AvgIpc) is 2.53. The number of esters is 1. The Morgan fingerprint density at radius 1 is 1.38 bits per heavy atom. The number of carbonyl (C=O) groups excluding carboxylic acids is 1. The molecule has 1 saturated heterocycles. The van der Waals surface area contributed by atoms with Crippen molar-refractivity contribution in [3.05, 3.63) is 46.1 Å². The number of ether oxygens (including phenoxy) is 2. The molecular formula is C14H16N2O5. The molecular weight excluding hydrogens is 276 g/mol. The summed E-state index contributed by atoms with van der Waals surface area (Å²) in [5.74, 6) is -0.601. The van der Waals surface area contributed by atoms with Gasteiger partial charge in [-0.3, -0.25) is 10.1 Å². The minimum Gasteiger partial charge on any atom is -0.465 e. The molecule has 1 aliphatic rings. The number of methoxy groups -OCH3 is 1. The van der Waals surface area contributed by atoms with Crippen LogP contribution in [0.5, 0.6) is 0 Å². The standard InChI is InChI=1S/C14H16N2O5/c1-20-14(17)12(10-15-6-8-21-9-7-15)11-4-2-3-5-13(11)16(18)19/h2-5,10H,6-9H2,1H3. The number of nitro groups is 1. The first-order valence-corrected chi connectivity index (χ1v) is 6.49. The van der Waals surface area contributed by atoms with E-state index in [1.807, 2.05) is 4.90 Å². The molecule has 0 unspecified atom stereocenters. The topological polar surface area (TPSA) is 81.9 Å². The van der Waals surface area contributed by atoms with Gasteiger partial charge in [0.2, 0.25) is 0 Å². The van der Waals surface area contributed by atoms with E-state index in [9.17, 15) is 14.9 Å². The zero-order chi connectivity index (χ0) is 15.2. The minimum absolute atomic E-state index is 0.123. The van der Waals surface area contributed by atoms with Gasteiger partial charge in [0.25, 0.3) is 5.69 Å². The van der Waals surface area contributed by atoms with E-state index in [4.69, 9.17) is 9.47 Å². The number of hydrogen-bond acceptors (Lipinski definition) is 6. The molecule has 0 radical (unpaired) electrons. The van der Waals surface area contributed by atoms with Crippen molar-refractivity contribution in [3.8, 4) is 0 Å². The Labute approximate surface area is 121 Å². The first kappa shape index (κ1) is 15.0. The van der Waals surface area contributed by atoms with Crippen molar-refractivity contribution in [1.29, 1.82) is 0 Å². The maximum atomic E-state index is 12.0. The van der Waals surface area contributed by atoms with E-state index < -0.39 is 10.9 Å². The van der Waals surface area contributed by atoms with Crippen molar-refractivity contribution >= 4 is 17.2 Å². The maximum Gasteiger partial charge on any atom is 0.340 e. The largest absolute Gasteiger partial charge is 0.465 e. The number of hydrogen-bond donors (Lipinski definition) is 0. The summed E-state index contributed by atoms with van der Waals surface area (Å²) in [6.45, 7) is 2.37. The van der Waals surface area contributed by atoms with Gasteiger partial charge in [-0.25, -0.2) is 4.79 Å². The fraction of sp³-hybridized carbons (Fsp3) is 0.357. The molecule has 1 aromatic carbocycles. The Morgan fingerprint density at radius 2 is 2.05 bits per heavy atom. The zero-order valence-corrected chi connectivity index (χ0v) is 11.7. The van der Waals surface area contributed by atoms with Crippen molar-refractivity contribution in [2.75, 3.05) is 33.4 Å². The third-order valence-electron chi connectivity index (χ3n) is 3.15. The molecule has 0 atom stereocenters. The Hall–Kier alpha value is -2.41. The fourth-order valence-corrected chi connectivity index (χ4v) is 2.09. The van der Waals surface area contributed by atoms with Crippen molar-refractivity contribution in [3.63, 3.8) is 0 Å². The number of para-hydroxylation sites is 1. The van der Waals surface area contributed by atoms with Crippen LogP contribution in [0.4, 0.5) is 5.69 Å². The average molecular weight is 292 g/mol. The van der Waals surface area contributed by atoms with Crippen LogP contribution >= 0.6 is 0 Å². The first-order valence-electron chi connectivity index (χ1n) is 6.49.